The lowest BCUT2D eigenvalue weighted by Gasteiger charge is -2.33. The molecule has 0 aliphatic heterocycles. The van der Waals surface area contributed by atoms with Gasteiger partial charge in [0.25, 0.3) is 0 Å². The van der Waals surface area contributed by atoms with Crippen LogP contribution in [-0.2, 0) is 4.74 Å². The maximum Gasteiger partial charge on any atom is 0.345 e. The minimum Gasteiger partial charge on any atom is -0.378 e. The summed E-state index contributed by atoms with van der Waals surface area (Å²) in [5.74, 6) is 3.88. The van der Waals surface area contributed by atoms with Crippen molar-refractivity contribution in [2.75, 3.05) is 18.1 Å². The van der Waals surface area contributed by atoms with Crippen molar-refractivity contribution in [3.63, 3.8) is 0 Å². The van der Waals surface area contributed by atoms with E-state index < -0.39 is 10.2 Å². The second-order valence-electron chi connectivity index (χ2n) is 7.77. The smallest absolute Gasteiger partial charge is 0.345 e. The second-order valence-corrected chi connectivity index (χ2v) is 11.1. The first kappa shape index (κ1) is 28.9. The first-order valence-electron chi connectivity index (χ1n) is 10.8. The fourth-order valence-corrected chi connectivity index (χ4v) is 4.02. The van der Waals surface area contributed by atoms with Crippen LogP contribution in [0.25, 0.3) is 0 Å². The van der Waals surface area contributed by atoms with Crippen molar-refractivity contribution < 1.29 is 24.2 Å². The Morgan fingerprint density at radius 2 is 1.14 bits per heavy atom. The highest BCUT2D eigenvalue weighted by Crippen LogP contribution is 2.97. The molecule has 29 heavy (non-hydrogen) atoms. The highest BCUT2D eigenvalue weighted by molar-refractivity contribution is 8.49. The molecule has 8 heteroatoms. The zero-order valence-corrected chi connectivity index (χ0v) is 19.6. The molecule has 0 amide bonds. The SMILES string of the molecule is CC(C)OCCSCCCCCCCCCCCCCCC#CS(F)(F)(F)(F)F. The van der Waals surface area contributed by atoms with Gasteiger partial charge in [0.1, 0.15) is 0 Å². The molecule has 0 aliphatic rings. The van der Waals surface area contributed by atoms with Crippen LogP contribution in [-0.4, -0.2) is 24.2 Å². The van der Waals surface area contributed by atoms with Crippen molar-refractivity contribution >= 4 is 22.0 Å². The second kappa shape index (κ2) is 14.0. The lowest BCUT2D eigenvalue weighted by Crippen LogP contribution is -2.05. The van der Waals surface area contributed by atoms with Gasteiger partial charge in [-0.2, -0.15) is 11.8 Å². The van der Waals surface area contributed by atoms with Crippen LogP contribution < -0.4 is 0 Å². The number of unbranched alkanes of at least 4 members (excludes halogenated alkanes) is 12. The summed E-state index contributed by atoms with van der Waals surface area (Å²) < 4.78 is 65.4. The van der Waals surface area contributed by atoms with Crippen LogP contribution in [0.1, 0.15) is 97.3 Å². The van der Waals surface area contributed by atoms with E-state index in [-0.39, 0.29) is 11.7 Å². The number of hydrogen-bond donors (Lipinski definition) is 0. The lowest BCUT2D eigenvalue weighted by atomic mass is 10.0. The molecule has 0 rings (SSSR count). The quantitative estimate of drug-likeness (QED) is 0.113. The Labute approximate surface area is 179 Å². The van der Waals surface area contributed by atoms with Gasteiger partial charge in [-0.1, -0.05) is 89.6 Å². The molecule has 0 atom stereocenters. The molecule has 0 N–H and O–H groups in total. The van der Waals surface area contributed by atoms with Gasteiger partial charge in [-0.25, -0.2) is 0 Å². The Hall–Kier alpha value is -0.130. The van der Waals surface area contributed by atoms with Crippen LogP contribution >= 0.6 is 22.0 Å². The van der Waals surface area contributed by atoms with Gasteiger partial charge < -0.3 is 4.74 Å². The molecule has 0 aromatic heterocycles. The standard InChI is InChI=1S/C21H39F5OS2/c1-21(2)27-17-19-28-18-15-13-11-9-7-5-3-4-6-8-10-12-14-16-20-29(22,23,24,25)26/h21H,3-15,17-19H2,1-2H3. The molecule has 0 radical (unpaired) electrons. The highest BCUT2D eigenvalue weighted by atomic mass is 32.5. The molecule has 0 saturated carbocycles. The molecule has 0 unspecified atom stereocenters. The zero-order valence-electron chi connectivity index (χ0n) is 18.0. The molecule has 0 spiro atoms. The third kappa shape index (κ3) is 27.9. The van der Waals surface area contributed by atoms with Gasteiger partial charge in [-0.05, 0) is 32.4 Å². The molecule has 176 valence electrons. The Morgan fingerprint density at radius 1 is 0.690 bits per heavy atom. The third-order valence-electron chi connectivity index (χ3n) is 4.28. The minimum atomic E-state index is -9.53. The van der Waals surface area contributed by atoms with Crippen molar-refractivity contribution in [2.45, 2.75) is 103 Å². The fraction of sp³-hybridized carbons (Fsp3) is 0.905. The lowest BCUT2D eigenvalue weighted by molar-refractivity contribution is 0.0920. The Bertz CT molecular complexity index is 468. The third-order valence-corrected chi connectivity index (χ3v) is 5.85. The summed E-state index contributed by atoms with van der Waals surface area (Å²) in [6, 6.07) is 0. The summed E-state index contributed by atoms with van der Waals surface area (Å²) in [4.78, 5) is 0. The molecule has 0 aliphatic carbocycles. The maximum absolute atomic E-state index is 12.0. The summed E-state index contributed by atoms with van der Waals surface area (Å²) in [6.45, 7) is 4.95. The number of thioether (sulfide) groups is 1. The molecular weight excluding hydrogens is 427 g/mol. The monoisotopic (exact) mass is 466 g/mol. The predicted molar refractivity (Wildman–Crippen MR) is 119 cm³/mol. The molecule has 0 aromatic carbocycles. The average molecular weight is 467 g/mol. The zero-order chi connectivity index (χ0) is 22.1. The van der Waals surface area contributed by atoms with Gasteiger partial charge in [0.15, 0.2) is 0 Å². The van der Waals surface area contributed by atoms with Gasteiger partial charge in [0.2, 0.25) is 0 Å². The molecular formula is C21H39F5OS2. The fourth-order valence-electron chi connectivity index (χ4n) is 2.82. The highest BCUT2D eigenvalue weighted by Gasteiger charge is 2.62. The number of rotatable bonds is 18. The van der Waals surface area contributed by atoms with Gasteiger partial charge in [-0.3, -0.25) is 0 Å². The normalized spacial score (nSPS) is 14.3. The van der Waals surface area contributed by atoms with Gasteiger partial charge in [0.05, 0.1) is 18.0 Å². The molecule has 0 saturated heterocycles. The molecule has 0 heterocycles. The van der Waals surface area contributed by atoms with E-state index >= 15 is 0 Å². The van der Waals surface area contributed by atoms with E-state index in [1.165, 1.54) is 50.7 Å². The summed E-state index contributed by atoms with van der Waals surface area (Å²) >= 11 is 1.97. The van der Waals surface area contributed by atoms with Gasteiger partial charge >= 0.3 is 10.2 Å². The first-order chi connectivity index (χ1) is 13.4. The van der Waals surface area contributed by atoms with Crippen LogP contribution in [0, 0.1) is 11.2 Å². The summed E-state index contributed by atoms with van der Waals surface area (Å²) in [6.07, 6.45) is 13.3. The van der Waals surface area contributed by atoms with Gasteiger partial charge in [-0.15, -0.1) is 0 Å². The topological polar surface area (TPSA) is 9.23 Å². The summed E-state index contributed by atoms with van der Waals surface area (Å²) in [5.41, 5.74) is 0. The number of hydrogen-bond acceptors (Lipinski definition) is 2. The van der Waals surface area contributed by atoms with Crippen LogP contribution in [0.15, 0.2) is 0 Å². The maximum atomic E-state index is 12.0. The van der Waals surface area contributed by atoms with Crippen molar-refractivity contribution in [3.8, 4) is 11.2 Å². The van der Waals surface area contributed by atoms with E-state index in [1.807, 2.05) is 11.8 Å². The predicted octanol–water partition coefficient (Wildman–Crippen LogP) is 9.48. The molecule has 0 aromatic rings. The summed E-state index contributed by atoms with van der Waals surface area (Å²) in [5, 5.41) is 0.261. The Balaban J connectivity index is 3.25. The average Bonchev–Trinajstić information content (AvgIpc) is 2.57. The van der Waals surface area contributed by atoms with Crippen molar-refractivity contribution in [1.82, 2.24) is 0 Å². The van der Waals surface area contributed by atoms with Crippen LogP contribution in [0.2, 0.25) is 0 Å². The number of halogens is 5. The van der Waals surface area contributed by atoms with Crippen LogP contribution in [0.3, 0.4) is 0 Å². The minimum absolute atomic E-state index is 0.115. The van der Waals surface area contributed by atoms with E-state index in [4.69, 9.17) is 4.74 Å². The van der Waals surface area contributed by atoms with E-state index in [0.29, 0.717) is 12.5 Å². The molecule has 0 bridgehead atoms. The van der Waals surface area contributed by atoms with Gasteiger partial charge in [0, 0.05) is 12.2 Å². The summed E-state index contributed by atoms with van der Waals surface area (Å²) in [7, 11) is -9.53. The van der Waals surface area contributed by atoms with Crippen LogP contribution in [0.4, 0.5) is 19.4 Å². The molecule has 1 nitrogen and oxygen atoms in total. The van der Waals surface area contributed by atoms with Crippen molar-refractivity contribution in [1.29, 1.82) is 0 Å². The first-order valence-corrected chi connectivity index (χ1v) is 13.9. The van der Waals surface area contributed by atoms with E-state index in [0.717, 1.165) is 38.0 Å². The Morgan fingerprint density at radius 3 is 1.59 bits per heavy atom. The van der Waals surface area contributed by atoms with Crippen molar-refractivity contribution in [3.05, 3.63) is 0 Å². The Kier molecular flexibility index (Phi) is 14.0. The number of ether oxygens (including phenoxy) is 1. The van der Waals surface area contributed by atoms with Crippen LogP contribution in [0.5, 0.6) is 0 Å². The van der Waals surface area contributed by atoms with E-state index in [9.17, 15) is 19.4 Å². The van der Waals surface area contributed by atoms with Crippen molar-refractivity contribution in [2.24, 2.45) is 0 Å². The van der Waals surface area contributed by atoms with E-state index in [1.54, 1.807) is 5.92 Å². The largest absolute Gasteiger partial charge is 0.378 e. The van der Waals surface area contributed by atoms with E-state index in [2.05, 4.69) is 13.8 Å². The molecule has 0 fully saturated rings.